The topological polar surface area (TPSA) is 30.5 Å². The van der Waals surface area contributed by atoms with Crippen LogP contribution in [0.3, 0.4) is 0 Å². The zero-order chi connectivity index (χ0) is 11.8. The Morgan fingerprint density at radius 3 is 2.88 bits per heavy atom. The summed E-state index contributed by atoms with van der Waals surface area (Å²) in [6.07, 6.45) is 0.900. The van der Waals surface area contributed by atoms with E-state index >= 15 is 0 Å². The molecule has 16 heavy (non-hydrogen) atoms. The Hall–Kier alpha value is -1.06. The smallest absolute Gasteiger partial charge is 0.124 e. The Morgan fingerprint density at radius 1 is 1.44 bits per heavy atom. The van der Waals surface area contributed by atoms with E-state index in [2.05, 4.69) is 38.4 Å². The van der Waals surface area contributed by atoms with E-state index in [4.69, 9.17) is 9.57 Å². The predicted octanol–water partition coefficient (Wildman–Crippen LogP) is 2.75. The first-order valence-electron chi connectivity index (χ1n) is 5.60. The molecule has 0 fully saturated rings. The summed E-state index contributed by atoms with van der Waals surface area (Å²) in [5.74, 6) is 0.955. The van der Waals surface area contributed by atoms with Gasteiger partial charge in [0.2, 0.25) is 0 Å². The summed E-state index contributed by atoms with van der Waals surface area (Å²) in [6.45, 7) is 6.28. The number of ether oxygens (including phenoxy) is 1. The van der Waals surface area contributed by atoms with Crippen LogP contribution < -0.4 is 10.2 Å². The summed E-state index contributed by atoms with van der Waals surface area (Å²) < 4.78 is 5.96. The monoisotopic (exact) mass is 221 g/mol. The predicted molar refractivity (Wildman–Crippen MR) is 63.4 cm³/mol. The van der Waals surface area contributed by atoms with Crippen LogP contribution in [0, 0.1) is 6.92 Å². The van der Waals surface area contributed by atoms with Crippen molar-refractivity contribution in [1.29, 1.82) is 0 Å². The van der Waals surface area contributed by atoms with Crippen LogP contribution in [-0.4, -0.2) is 12.7 Å². The van der Waals surface area contributed by atoms with Gasteiger partial charge >= 0.3 is 0 Å². The maximum absolute atomic E-state index is 5.96. The van der Waals surface area contributed by atoms with Crippen molar-refractivity contribution in [2.75, 3.05) is 7.11 Å². The molecule has 0 spiro atoms. The van der Waals surface area contributed by atoms with Crippen LogP contribution in [0.4, 0.5) is 0 Å². The normalized spacial score (nSPS) is 22.4. The van der Waals surface area contributed by atoms with Gasteiger partial charge in [-0.1, -0.05) is 17.7 Å². The fourth-order valence-electron chi connectivity index (χ4n) is 2.22. The number of hydroxylamine groups is 1. The third-order valence-electron chi connectivity index (χ3n) is 2.88. The lowest BCUT2D eigenvalue weighted by molar-refractivity contribution is 0.00295. The number of rotatable bonds is 2. The lowest BCUT2D eigenvalue weighted by Gasteiger charge is -2.37. The highest BCUT2D eigenvalue weighted by molar-refractivity contribution is 5.41. The van der Waals surface area contributed by atoms with E-state index in [-0.39, 0.29) is 11.6 Å². The van der Waals surface area contributed by atoms with Crippen molar-refractivity contribution in [3.63, 3.8) is 0 Å². The van der Waals surface area contributed by atoms with E-state index in [1.807, 2.05) is 6.07 Å². The van der Waals surface area contributed by atoms with Crippen LogP contribution in [0.15, 0.2) is 18.2 Å². The van der Waals surface area contributed by atoms with Gasteiger partial charge in [-0.3, -0.25) is 0 Å². The van der Waals surface area contributed by atoms with Gasteiger partial charge in [0.05, 0.1) is 13.2 Å². The maximum Gasteiger partial charge on any atom is 0.124 e. The second-order valence-electron chi connectivity index (χ2n) is 4.98. The second kappa shape index (κ2) is 4.07. The van der Waals surface area contributed by atoms with E-state index in [9.17, 15) is 0 Å². The molecule has 1 aliphatic heterocycles. The molecule has 88 valence electrons. The van der Waals surface area contributed by atoms with Crippen LogP contribution in [-0.2, 0) is 4.84 Å². The summed E-state index contributed by atoms with van der Waals surface area (Å²) in [4.78, 5) is 5.07. The molecular weight excluding hydrogens is 202 g/mol. The van der Waals surface area contributed by atoms with E-state index in [1.165, 1.54) is 11.1 Å². The van der Waals surface area contributed by atoms with Crippen molar-refractivity contribution in [1.82, 2.24) is 5.48 Å². The molecule has 1 aromatic carbocycles. The minimum Gasteiger partial charge on any atom is -0.487 e. The third kappa shape index (κ3) is 2.20. The molecule has 0 radical (unpaired) electrons. The number of nitrogens with one attached hydrogen (secondary N) is 1. The van der Waals surface area contributed by atoms with Gasteiger partial charge in [0, 0.05) is 12.0 Å². The van der Waals surface area contributed by atoms with Crippen LogP contribution >= 0.6 is 0 Å². The molecule has 1 atom stereocenters. The van der Waals surface area contributed by atoms with E-state index < -0.39 is 0 Å². The summed E-state index contributed by atoms with van der Waals surface area (Å²) in [5, 5.41) is 0. The summed E-state index contributed by atoms with van der Waals surface area (Å²) in [5.41, 5.74) is 5.31. The van der Waals surface area contributed by atoms with Gasteiger partial charge in [0.1, 0.15) is 11.4 Å². The quantitative estimate of drug-likeness (QED) is 0.779. The molecule has 3 heteroatoms. The molecule has 3 nitrogen and oxygen atoms in total. The van der Waals surface area contributed by atoms with Crippen molar-refractivity contribution >= 4 is 0 Å². The number of hydrogen-bond acceptors (Lipinski definition) is 3. The molecule has 1 aromatic rings. The number of aryl methyl sites for hydroxylation is 1. The Kier molecular flexibility index (Phi) is 2.91. The zero-order valence-corrected chi connectivity index (χ0v) is 10.3. The van der Waals surface area contributed by atoms with Gasteiger partial charge in [-0.15, -0.1) is 0 Å². The van der Waals surface area contributed by atoms with Gasteiger partial charge < -0.3 is 9.57 Å². The summed E-state index contributed by atoms with van der Waals surface area (Å²) >= 11 is 0. The lowest BCUT2D eigenvalue weighted by Crippen LogP contribution is -2.39. The maximum atomic E-state index is 5.96. The molecule has 2 rings (SSSR count). The molecule has 1 heterocycles. The molecule has 1 unspecified atom stereocenters. The van der Waals surface area contributed by atoms with Crippen molar-refractivity contribution in [3.8, 4) is 5.75 Å². The van der Waals surface area contributed by atoms with Crippen molar-refractivity contribution in [3.05, 3.63) is 29.3 Å². The second-order valence-corrected chi connectivity index (χ2v) is 4.98. The molecule has 1 N–H and O–H groups in total. The van der Waals surface area contributed by atoms with Crippen LogP contribution in [0.5, 0.6) is 5.75 Å². The van der Waals surface area contributed by atoms with Gasteiger partial charge in [-0.05, 0) is 26.8 Å². The van der Waals surface area contributed by atoms with Gasteiger partial charge in [-0.25, -0.2) is 0 Å². The average molecular weight is 221 g/mol. The van der Waals surface area contributed by atoms with Crippen molar-refractivity contribution in [2.45, 2.75) is 38.8 Å². The molecule has 0 aliphatic carbocycles. The van der Waals surface area contributed by atoms with Crippen LogP contribution in [0.2, 0.25) is 0 Å². The van der Waals surface area contributed by atoms with E-state index in [0.29, 0.717) is 0 Å². The highest BCUT2D eigenvalue weighted by Gasteiger charge is 2.33. The molecule has 0 aromatic heterocycles. The summed E-state index contributed by atoms with van der Waals surface area (Å²) in [7, 11) is 1.65. The molecule has 0 saturated carbocycles. The number of fused-ring (bicyclic) bond motifs is 1. The standard InChI is InChI=1S/C13H19NO2/c1-9-5-6-12-10(7-9)11(14-15-4)8-13(2,3)16-12/h5-7,11,14H,8H2,1-4H3. The first-order valence-corrected chi connectivity index (χ1v) is 5.60. The van der Waals surface area contributed by atoms with Crippen LogP contribution in [0.1, 0.15) is 37.4 Å². The SMILES string of the molecule is CONC1CC(C)(C)Oc2ccc(C)cc21. The summed E-state index contributed by atoms with van der Waals surface area (Å²) in [6, 6.07) is 6.46. The van der Waals surface area contributed by atoms with Crippen molar-refractivity contribution in [2.24, 2.45) is 0 Å². The first kappa shape index (κ1) is 11.4. The van der Waals surface area contributed by atoms with Gasteiger partial charge in [0.15, 0.2) is 0 Å². The Balaban J connectivity index is 2.39. The fourth-order valence-corrected chi connectivity index (χ4v) is 2.22. The lowest BCUT2D eigenvalue weighted by atomic mass is 9.89. The fraction of sp³-hybridized carbons (Fsp3) is 0.538. The molecule has 0 saturated heterocycles. The minimum absolute atomic E-state index is 0.154. The van der Waals surface area contributed by atoms with Gasteiger partial charge in [0.25, 0.3) is 0 Å². The molecule has 0 bridgehead atoms. The Labute approximate surface area is 96.7 Å². The highest BCUT2D eigenvalue weighted by atomic mass is 16.6. The molecule has 0 amide bonds. The average Bonchev–Trinajstić information content (AvgIpc) is 2.18. The van der Waals surface area contributed by atoms with E-state index in [0.717, 1.165) is 12.2 Å². The van der Waals surface area contributed by atoms with Crippen molar-refractivity contribution < 1.29 is 9.57 Å². The molecular formula is C13H19NO2. The van der Waals surface area contributed by atoms with Crippen LogP contribution in [0.25, 0.3) is 0 Å². The Morgan fingerprint density at radius 2 is 2.19 bits per heavy atom. The zero-order valence-electron chi connectivity index (χ0n) is 10.3. The number of benzene rings is 1. The Bertz CT molecular complexity index is 388. The first-order chi connectivity index (χ1) is 7.52. The molecule has 1 aliphatic rings. The van der Waals surface area contributed by atoms with E-state index in [1.54, 1.807) is 7.11 Å². The van der Waals surface area contributed by atoms with Gasteiger partial charge in [-0.2, -0.15) is 5.48 Å². The third-order valence-corrected chi connectivity index (χ3v) is 2.88. The number of hydrogen-bond donors (Lipinski definition) is 1. The minimum atomic E-state index is -0.154. The largest absolute Gasteiger partial charge is 0.487 e. The highest BCUT2D eigenvalue weighted by Crippen LogP contribution is 2.39.